The van der Waals surface area contributed by atoms with E-state index in [9.17, 15) is 9.90 Å². The van der Waals surface area contributed by atoms with Gasteiger partial charge in [-0.1, -0.05) is 6.07 Å². The zero-order chi connectivity index (χ0) is 26.0. The Bertz CT molecular complexity index is 1110. The van der Waals surface area contributed by atoms with Gasteiger partial charge in [0.05, 0.1) is 7.11 Å². The number of nitrogens with zero attached hydrogens (tertiary/aromatic N) is 3. The molecule has 0 aromatic carbocycles. The minimum absolute atomic E-state index is 0.0816. The van der Waals surface area contributed by atoms with Crippen LogP contribution in [0, 0.1) is 5.92 Å². The molecule has 2 aliphatic heterocycles. The molecule has 0 unspecified atom stereocenters. The highest BCUT2D eigenvalue weighted by molar-refractivity contribution is 5.76. The summed E-state index contributed by atoms with van der Waals surface area (Å²) in [6.07, 6.45) is 7.35. The second kappa shape index (κ2) is 10.9. The first-order valence-corrected chi connectivity index (χ1v) is 13.5. The van der Waals surface area contributed by atoms with Crippen molar-refractivity contribution in [2.75, 3.05) is 32.1 Å². The van der Waals surface area contributed by atoms with Crippen LogP contribution in [0.2, 0.25) is 0 Å². The van der Waals surface area contributed by atoms with Gasteiger partial charge in [0.1, 0.15) is 17.6 Å². The quantitative estimate of drug-likeness (QED) is 0.398. The number of anilines is 1. The second-order valence-electron chi connectivity index (χ2n) is 10.6. The largest absolute Gasteiger partial charge is 0.496 e. The molecule has 0 bridgehead atoms. The van der Waals surface area contributed by atoms with Crippen LogP contribution in [0.3, 0.4) is 0 Å². The summed E-state index contributed by atoms with van der Waals surface area (Å²) < 4.78 is 36.0. The van der Waals surface area contributed by atoms with Gasteiger partial charge in [-0.05, 0) is 64.0 Å². The van der Waals surface area contributed by atoms with E-state index < -0.39 is 23.9 Å². The van der Waals surface area contributed by atoms with Crippen molar-refractivity contribution in [1.82, 2.24) is 14.9 Å². The SMILES string of the molecule is COc1cc(CCCCC(F)(F)[C@@H]2CCN([C@H](C(=O)O)c3cccnc3C3CC3)C2)nc2c1CCCN2. The van der Waals surface area contributed by atoms with Gasteiger partial charge in [0.15, 0.2) is 0 Å². The molecule has 2 fully saturated rings. The maximum Gasteiger partial charge on any atom is 0.325 e. The summed E-state index contributed by atoms with van der Waals surface area (Å²) >= 11 is 0. The number of fused-ring (bicyclic) bond motifs is 1. The summed E-state index contributed by atoms with van der Waals surface area (Å²) in [5.41, 5.74) is 3.41. The normalized spacial score (nSPS) is 20.8. The Labute approximate surface area is 216 Å². The number of likely N-dealkylation sites (tertiary alicyclic amines) is 1. The molecule has 5 rings (SSSR count). The van der Waals surface area contributed by atoms with Crippen molar-refractivity contribution < 1.29 is 23.4 Å². The predicted octanol–water partition coefficient (Wildman–Crippen LogP) is 5.22. The van der Waals surface area contributed by atoms with Crippen LogP contribution in [-0.4, -0.2) is 58.6 Å². The van der Waals surface area contributed by atoms with Crippen LogP contribution < -0.4 is 10.1 Å². The van der Waals surface area contributed by atoms with Crippen molar-refractivity contribution in [3.05, 3.63) is 46.9 Å². The maximum atomic E-state index is 15.2. The molecule has 3 aliphatic rings. The van der Waals surface area contributed by atoms with Crippen LogP contribution in [0.4, 0.5) is 14.6 Å². The number of hydrogen-bond donors (Lipinski definition) is 2. The molecule has 7 nitrogen and oxygen atoms in total. The zero-order valence-corrected chi connectivity index (χ0v) is 21.4. The smallest absolute Gasteiger partial charge is 0.325 e. The highest BCUT2D eigenvalue weighted by atomic mass is 19.3. The molecule has 4 heterocycles. The van der Waals surface area contributed by atoms with Gasteiger partial charge in [-0.2, -0.15) is 0 Å². The van der Waals surface area contributed by atoms with Gasteiger partial charge in [0, 0.05) is 66.1 Å². The number of unbranched alkanes of at least 4 members (excludes halogenated alkanes) is 1. The van der Waals surface area contributed by atoms with E-state index in [1.54, 1.807) is 30.3 Å². The van der Waals surface area contributed by atoms with E-state index >= 15 is 8.78 Å². The fourth-order valence-electron chi connectivity index (χ4n) is 5.85. The zero-order valence-electron chi connectivity index (χ0n) is 21.4. The number of halogens is 2. The topological polar surface area (TPSA) is 87.6 Å². The Hall–Kier alpha value is -2.81. The highest BCUT2D eigenvalue weighted by Gasteiger charge is 2.46. The maximum absolute atomic E-state index is 15.2. The molecule has 1 saturated heterocycles. The monoisotopic (exact) mass is 514 g/mol. The lowest BCUT2D eigenvalue weighted by atomic mass is 9.94. The number of rotatable bonds is 11. The fourth-order valence-corrected chi connectivity index (χ4v) is 5.85. The van der Waals surface area contributed by atoms with E-state index in [-0.39, 0.29) is 13.0 Å². The van der Waals surface area contributed by atoms with E-state index in [2.05, 4.69) is 15.3 Å². The van der Waals surface area contributed by atoms with Gasteiger partial charge in [-0.3, -0.25) is 14.7 Å². The van der Waals surface area contributed by atoms with Crippen molar-refractivity contribution in [1.29, 1.82) is 0 Å². The molecule has 1 saturated carbocycles. The lowest BCUT2D eigenvalue weighted by Crippen LogP contribution is -2.36. The summed E-state index contributed by atoms with van der Waals surface area (Å²) in [5.74, 6) is -2.73. The van der Waals surface area contributed by atoms with E-state index in [0.29, 0.717) is 43.7 Å². The van der Waals surface area contributed by atoms with Crippen molar-refractivity contribution >= 4 is 11.8 Å². The number of aromatic nitrogens is 2. The number of ether oxygens (including phenoxy) is 1. The summed E-state index contributed by atoms with van der Waals surface area (Å²) in [7, 11) is 1.65. The highest BCUT2D eigenvalue weighted by Crippen LogP contribution is 2.44. The first-order chi connectivity index (χ1) is 17.9. The number of carboxylic acid groups (broad SMARTS) is 1. The molecule has 2 aromatic heterocycles. The molecule has 0 radical (unpaired) electrons. The van der Waals surface area contributed by atoms with Gasteiger partial charge < -0.3 is 15.2 Å². The van der Waals surface area contributed by atoms with Crippen LogP contribution in [0.5, 0.6) is 5.75 Å². The third kappa shape index (κ3) is 5.71. The number of hydrogen-bond acceptors (Lipinski definition) is 6. The van der Waals surface area contributed by atoms with Crippen molar-refractivity contribution in [2.24, 2.45) is 5.92 Å². The molecule has 1 aliphatic carbocycles. The Morgan fingerprint density at radius 1 is 1.32 bits per heavy atom. The van der Waals surface area contributed by atoms with E-state index in [0.717, 1.165) is 60.7 Å². The molecular weight excluding hydrogens is 478 g/mol. The second-order valence-corrected chi connectivity index (χ2v) is 10.6. The van der Waals surface area contributed by atoms with Gasteiger partial charge in [-0.15, -0.1) is 0 Å². The lowest BCUT2D eigenvalue weighted by molar-refractivity contribution is -0.143. The van der Waals surface area contributed by atoms with Crippen LogP contribution in [-0.2, 0) is 17.6 Å². The Morgan fingerprint density at radius 2 is 2.16 bits per heavy atom. The number of carboxylic acids is 1. The molecule has 0 spiro atoms. The van der Waals surface area contributed by atoms with Crippen LogP contribution in [0.1, 0.15) is 79.4 Å². The average molecular weight is 515 g/mol. The Balaban J connectivity index is 1.17. The first-order valence-electron chi connectivity index (χ1n) is 13.5. The van der Waals surface area contributed by atoms with Crippen molar-refractivity contribution in [3.63, 3.8) is 0 Å². The number of carbonyl (C=O) groups is 1. The van der Waals surface area contributed by atoms with Gasteiger partial charge in [-0.25, -0.2) is 13.8 Å². The Morgan fingerprint density at radius 3 is 2.92 bits per heavy atom. The number of alkyl halides is 2. The minimum atomic E-state index is -2.84. The lowest BCUT2D eigenvalue weighted by Gasteiger charge is -2.28. The summed E-state index contributed by atoms with van der Waals surface area (Å²) in [6.45, 7) is 1.31. The van der Waals surface area contributed by atoms with Crippen LogP contribution in [0.25, 0.3) is 0 Å². The molecular formula is C28H36F2N4O3. The van der Waals surface area contributed by atoms with Crippen molar-refractivity contribution in [3.8, 4) is 5.75 Å². The average Bonchev–Trinajstić information content (AvgIpc) is 3.62. The molecule has 2 aromatic rings. The van der Waals surface area contributed by atoms with Gasteiger partial charge in [0.25, 0.3) is 5.92 Å². The molecule has 2 N–H and O–H groups in total. The standard InChI is InChI=1S/C28H36F2N4O3/c1-37-23-16-20(33-26-21(23)7-4-14-32-26)6-2-3-12-28(29,30)19-11-15-34(17-19)25(27(35)36)22-8-5-13-31-24(22)18-9-10-18/h5,8,13,16,18-19,25H,2-4,6-7,9-12,14-15,17H2,1H3,(H,32,33)(H,35,36)/t19-,25+/m1/s1. The predicted molar refractivity (Wildman–Crippen MR) is 136 cm³/mol. The van der Waals surface area contributed by atoms with Crippen LogP contribution in [0.15, 0.2) is 24.4 Å². The number of methoxy groups -OCH3 is 1. The minimum Gasteiger partial charge on any atom is -0.496 e. The first kappa shape index (κ1) is 25.8. The number of aliphatic carboxylic acids is 1. The summed E-state index contributed by atoms with van der Waals surface area (Å²) in [6, 6.07) is 4.54. The van der Waals surface area contributed by atoms with Gasteiger partial charge >= 0.3 is 5.97 Å². The van der Waals surface area contributed by atoms with E-state index in [4.69, 9.17) is 4.74 Å². The molecule has 9 heteroatoms. The number of nitrogens with one attached hydrogen (secondary N) is 1. The Kier molecular flexibility index (Phi) is 7.60. The van der Waals surface area contributed by atoms with Crippen LogP contribution >= 0.6 is 0 Å². The number of aryl methyl sites for hydroxylation is 1. The van der Waals surface area contributed by atoms with E-state index in [1.165, 1.54) is 0 Å². The summed E-state index contributed by atoms with van der Waals surface area (Å²) in [5, 5.41) is 13.3. The molecule has 2 atom stereocenters. The number of pyridine rings is 2. The molecule has 0 amide bonds. The fraction of sp³-hybridized carbons (Fsp3) is 0.607. The molecule has 200 valence electrons. The third-order valence-electron chi connectivity index (χ3n) is 7.99. The molecule has 37 heavy (non-hydrogen) atoms. The van der Waals surface area contributed by atoms with E-state index in [1.807, 2.05) is 6.07 Å². The van der Waals surface area contributed by atoms with Crippen molar-refractivity contribution in [2.45, 2.75) is 75.7 Å². The van der Waals surface area contributed by atoms with Gasteiger partial charge in [0.2, 0.25) is 0 Å². The summed E-state index contributed by atoms with van der Waals surface area (Å²) in [4.78, 5) is 23.1. The third-order valence-corrected chi connectivity index (χ3v) is 7.99.